The quantitative estimate of drug-likeness (QED) is 0.846. The molecule has 1 aromatic carbocycles. The van der Waals surface area contributed by atoms with E-state index in [1.54, 1.807) is 0 Å². The van der Waals surface area contributed by atoms with Crippen LogP contribution in [0.5, 0.6) is 0 Å². The minimum absolute atomic E-state index is 0.157. The Balaban J connectivity index is 3.10. The first-order chi connectivity index (χ1) is 5.97. The van der Waals surface area contributed by atoms with E-state index in [-0.39, 0.29) is 12.0 Å². The summed E-state index contributed by atoms with van der Waals surface area (Å²) in [6.07, 6.45) is 0. The van der Waals surface area contributed by atoms with Gasteiger partial charge in [0, 0.05) is 9.89 Å². The minimum Gasteiger partial charge on any atom is -0.395 e. The van der Waals surface area contributed by atoms with Crippen molar-refractivity contribution in [2.75, 3.05) is 6.61 Å². The maximum Gasteiger partial charge on any atom is 0.0522 e. The van der Waals surface area contributed by atoms with E-state index in [0.29, 0.717) is 0 Å². The molecular formula is C11H15BrO. The van der Waals surface area contributed by atoms with Crippen LogP contribution in [0.15, 0.2) is 22.7 Å². The van der Waals surface area contributed by atoms with Crippen molar-refractivity contribution in [2.45, 2.75) is 26.2 Å². The van der Waals surface area contributed by atoms with Crippen molar-refractivity contribution in [1.29, 1.82) is 0 Å². The molecule has 0 amide bonds. The summed E-state index contributed by atoms with van der Waals surface area (Å²) < 4.78 is 1.10. The number of aliphatic hydroxyl groups excluding tert-OH is 1. The monoisotopic (exact) mass is 242 g/mol. The summed E-state index contributed by atoms with van der Waals surface area (Å²) in [5, 5.41) is 9.19. The van der Waals surface area contributed by atoms with Gasteiger partial charge in [0.25, 0.3) is 0 Å². The molecule has 0 saturated carbocycles. The Hall–Kier alpha value is -0.340. The van der Waals surface area contributed by atoms with Gasteiger partial charge in [0.2, 0.25) is 0 Å². The average Bonchev–Trinajstić information content (AvgIpc) is 2.09. The lowest BCUT2D eigenvalue weighted by molar-refractivity contribution is 0.218. The van der Waals surface area contributed by atoms with Crippen LogP contribution in [0.2, 0.25) is 0 Å². The highest BCUT2D eigenvalue weighted by Crippen LogP contribution is 2.26. The van der Waals surface area contributed by atoms with Gasteiger partial charge >= 0.3 is 0 Å². The van der Waals surface area contributed by atoms with Crippen LogP contribution in [0.1, 0.15) is 25.0 Å². The second-order valence-electron chi connectivity index (χ2n) is 4.01. The van der Waals surface area contributed by atoms with Gasteiger partial charge in [-0.15, -0.1) is 0 Å². The third-order valence-electron chi connectivity index (χ3n) is 2.35. The van der Waals surface area contributed by atoms with Crippen LogP contribution in [-0.2, 0) is 5.41 Å². The van der Waals surface area contributed by atoms with E-state index in [4.69, 9.17) is 0 Å². The van der Waals surface area contributed by atoms with Gasteiger partial charge in [0.05, 0.1) is 6.61 Å². The normalized spacial score (nSPS) is 11.8. The van der Waals surface area contributed by atoms with Crippen molar-refractivity contribution in [3.05, 3.63) is 33.8 Å². The lowest BCUT2D eigenvalue weighted by atomic mass is 9.85. The molecule has 0 aliphatic heterocycles. The summed E-state index contributed by atoms with van der Waals surface area (Å²) in [6.45, 7) is 6.29. The van der Waals surface area contributed by atoms with E-state index in [0.717, 1.165) is 10.0 Å². The van der Waals surface area contributed by atoms with Crippen LogP contribution in [0.25, 0.3) is 0 Å². The Bertz CT molecular complexity index is 305. The topological polar surface area (TPSA) is 20.2 Å². The van der Waals surface area contributed by atoms with E-state index in [9.17, 15) is 5.11 Å². The molecule has 0 fully saturated rings. The first-order valence-electron chi connectivity index (χ1n) is 4.35. The molecule has 0 aliphatic carbocycles. The molecule has 1 aromatic rings. The molecule has 0 unspecified atom stereocenters. The molecule has 0 radical (unpaired) electrons. The fourth-order valence-electron chi connectivity index (χ4n) is 1.11. The molecule has 1 rings (SSSR count). The Kier molecular flexibility index (Phi) is 3.14. The highest BCUT2D eigenvalue weighted by atomic mass is 79.9. The summed E-state index contributed by atoms with van der Waals surface area (Å²) >= 11 is 3.49. The zero-order valence-corrected chi connectivity index (χ0v) is 9.85. The largest absolute Gasteiger partial charge is 0.395 e. The van der Waals surface area contributed by atoms with Crippen molar-refractivity contribution in [3.63, 3.8) is 0 Å². The van der Waals surface area contributed by atoms with Gasteiger partial charge in [-0.25, -0.2) is 0 Å². The maximum absolute atomic E-state index is 9.19. The second kappa shape index (κ2) is 3.81. The minimum atomic E-state index is -0.157. The van der Waals surface area contributed by atoms with Crippen LogP contribution in [-0.4, -0.2) is 11.7 Å². The van der Waals surface area contributed by atoms with Gasteiger partial charge in [0.1, 0.15) is 0 Å². The lowest BCUT2D eigenvalue weighted by Crippen LogP contribution is -2.21. The van der Waals surface area contributed by atoms with Crippen molar-refractivity contribution >= 4 is 15.9 Å². The molecule has 72 valence electrons. The molecule has 0 heterocycles. The molecule has 0 spiro atoms. The summed E-state index contributed by atoms with van der Waals surface area (Å²) in [7, 11) is 0. The van der Waals surface area contributed by atoms with E-state index < -0.39 is 0 Å². The Morgan fingerprint density at radius 1 is 1.38 bits per heavy atom. The molecule has 0 atom stereocenters. The molecule has 13 heavy (non-hydrogen) atoms. The van der Waals surface area contributed by atoms with E-state index >= 15 is 0 Å². The number of hydrogen-bond donors (Lipinski definition) is 1. The maximum atomic E-state index is 9.19. The number of rotatable bonds is 2. The zero-order valence-electron chi connectivity index (χ0n) is 8.26. The van der Waals surface area contributed by atoms with Crippen LogP contribution in [0.3, 0.4) is 0 Å². The highest BCUT2D eigenvalue weighted by Gasteiger charge is 2.19. The fourth-order valence-corrected chi connectivity index (χ4v) is 1.48. The third kappa shape index (κ3) is 2.32. The lowest BCUT2D eigenvalue weighted by Gasteiger charge is -2.22. The molecule has 0 aliphatic rings. The Morgan fingerprint density at radius 3 is 2.46 bits per heavy atom. The number of hydrogen-bond acceptors (Lipinski definition) is 1. The van der Waals surface area contributed by atoms with Crippen LogP contribution in [0.4, 0.5) is 0 Å². The Labute approximate surface area is 87.9 Å². The number of aliphatic hydroxyl groups is 1. The van der Waals surface area contributed by atoms with Gasteiger partial charge < -0.3 is 5.11 Å². The number of halogens is 1. The van der Waals surface area contributed by atoms with Gasteiger partial charge in [-0.1, -0.05) is 41.9 Å². The van der Waals surface area contributed by atoms with Gasteiger partial charge in [-0.3, -0.25) is 0 Å². The number of aryl methyl sites for hydroxylation is 1. The molecule has 1 N–H and O–H groups in total. The SMILES string of the molecule is Cc1ccc(C(C)(C)CO)cc1Br. The van der Waals surface area contributed by atoms with Crippen LogP contribution < -0.4 is 0 Å². The van der Waals surface area contributed by atoms with Crippen LogP contribution >= 0.6 is 15.9 Å². The standard InChI is InChI=1S/C11H15BrO/c1-8-4-5-9(6-10(8)12)11(2,3)7-13/h4-6,13H,7H2,1-3H3. The van der Waals surface area contributed by atoms with Gasteiger partial charge in [-0.2, -0.15) is 0 Å². The summed E-state index contributed by atoms with van der Waals surface area (Å²) in [5.41, 5.74) is 2.22. The van der Waals surface area contributed by atoms with Crippen LogP contribution in [0, 0.1) is 6.92 Å². The molecule has 2 heteroatoms. The predicted molar refractivity (Wildman–Crippen MR) is 59.0 cm³/mol. The molecule has 0 saturated heterocycles. The number of benzene rings is 1. The molecule has 1 nitrogen and oxygen atoms in total. The molecule has 0 aromatic heterocycles. The Morgan fingerprint density at radius 2 is 2.00 bits per heavy atom. The molecule has 0 bridgehead atoms. The average molecular weight is 243 g/mol. The highest BCUT2D eigenvalue weighted by molar-refractivity contribution is 9.10. The van der Waals surface area contributed by atoms with Crippen molar-refractivity contribution in [3.8, 4) is 0 Å². The van der Waals surface area contributed by atoms with E-state index in [2.05, 4.69) is 41.1 Å². The summed E-state index contributed by atoms with van der Waals surface area (Å²) in [5.74, 6) is 0. The molecular weight excluding hydrogens is 228 g/mol. The first kappa shape index (κ1) is 10.7. The third-order valence-corrected chi connectivity index (χ3v) is 3.20. The van der Waals surface area contributed by atoms with E-state index in [1.807, 2.05) is 13.8 Å². The van der Waals surface area contributed by atoms with Gasteiger partial charge in [-0.05, 0) is 24.1 Å². The summed E-state index contributed by atoms with van der Waals surface area (Å²) in [4.78, 5) is 0. The zero-order chi connectivity index (χ0) is 10.1. The van der Waals surface area contributed by atoms with Crippen molar-refractivity contribution in [1.82, 2.24) is 0 Å². The van der Waals surface area contributed by atoms with Crippen molar-refractivity contribution < 1.29 is 5.11 Å². The second-order valence-corrected chi connectivity index (χ2v) is 4.86. The van der Waals surface area contributed by atoms with Gasteiger partial charge in [0.15, 0.2) is 0 Å². The smallest absolute Gasteiger partial charge is 0.0522 e. The first-order valence-corrected chi connectivity index (χ1v) is 5.14. The van der Waals surface area contributed by atoms with E-state index in [1.165, 1.54) is 5.56 Å². The predicted octanol–water partition coefficient (Wildman–Crippen LogP) is 3.03. The summed E-state index contributed by atoms with van der Waals surface area (Å²) in [6, 6.07) is 6.21. The van der Waals surface area contributed by atoms with Crippen molar-refractivity contribution in [2.24, 2.45) is 0 Å². The fraction of sp³-hybridized carbons (Fsp3) is 0.455.